The van der Waals surface area contributed by atoms with Crippen LogP contribution in [0.25, 0.3) is 0 Å². The normalized spacial score (nSPS) is 11.3. The standard InChI is InChI=1S/C19H29N3O3S/c1-4-6-7-14(5-2)12-21-19(26)22-16-10-8-15(9-11-16)18(24)20-13-17(23)25-3/h8-11,14H,4-7,12-13H2,1-3H3,(H,20,24)(H2,21,22,26)/t14-/m1/s1. The second-order valence-corrected chi connectivity index (χ2v) is 6.50. The molecule has 26 heavy (non-hydrogen) atoms. The average Bonchev–Trinajstić information content (AvgIpc) is 2.66. The monoisotopic (exact) mass is 379 g/mol. The fourth-order valence-corrected chi connectivity index (χ4v) is 2.59. The van der Waals surface area contributed by atoms with Crippen molar-refractivity contribution in [2.75, 3.05) is 25.5 Å². The summed E-state index contributed by atoms with van der Waals surface area (Å²) in [5.41, 5.74) is 1.26. The summed E-state index contributed by atoms with van der Waals surface area (Å²) in [7, 11) is 1.28. The second kappa shape index (κ2) is 12.2. The van der Waals surface area contributed by atoms with E-state index in [1.165, 1.54) is 26.4 Å². The smallest absolute Gasteiger partial charge is 0.325 e. The number of benzene rings is 1. The van der Waals surface area contributed by atoms with E-state index in [0.29, 0.717) is 16.6 Å². The van der Waals surface area contributed by atoms with E-state index in [-0.39, 0.29) is 12.5 Å². The Morgan fingerprint density at radius 1 is 1.15 bits per heavy atom. The molecule has 0 aliphatic heterocycles. The molecular formula is C19H29N3O3S. The summed E-state index contributed by atoms with van der Waals surface area (Å²) < 4.78 is 4.48. The SMILES string of the molecule is CCCC[C@@H](CC)CNC(=S)Nc1ccc(C(=O)NCC(=O)OC)cc1. The first-order valence-electron chi connectivity index (χ1n) is 9.00. The maximum atomic E-state index is 11.9. The van der Waals surface area contributed by atoms with Gasteiger partial charge < -0.3 is 20.7 Å². The fraction of sp³-hybridized carbons (Fsp3) is 0.526. The van der Waals surface area contributed by atoms with E-state index in [2.05, 4.69) is 34.5 Å². The molecule has 1 atom stereocenters. The molecule has 0 aliphatic carbocycles. The van der Waals surface area contributed by atoms with Crippen molar-refractivity contribution in [1.82, 2.24) is 10.6 Å². The number of amides is 1. The highest BCUT2D eigenvalue weighted by Gasteiger charge is 2.09. The van der Waals surface area contributed by atoms with E-state index >= 15 is 0 Å². The molecule has 0 heterocycles. The molecule has 1 aromatic carbocycles. The van der Waals surface area contributed by atoms with E-state index < -0.39 is 5.97 Å². The molecule has 0 bridgehead atoms. The molecule has 1 amide bonds. The van der Waals surface area contributed by atoms with E-state index in [9.17, 15) is 9.59 Å². The summed E-state index contributed by atoms with van der Waals surface area (Å²) in [5, 5.41) is 9.44. The summed E-state index contributed by atoms with van der Waals surface area (Å²) in [4.78, 5) is 23.0. The number of unbranched alkanes of at least 4 members (excludes halogenated alkanes) is 1. The molecule has 0 aliphatic rings. The molecule has 7 heteroatoms. The number of carbonyl (C=O) groups excluding carboxylic acids is 2. The summed E-state index contributed by atoms with van der Waals surface area (Å²) in [6.07, 6.45) is 4.78. The largest absolute Gasteiger partial charge is 0.468 e. The third-order valence-electron chi connectivity index (χ3n) is 4.12. The van der Waals surface area contributed by atoms with E-state index in [4.69, 9.17) is 12.2 Å². The Labute approximate surface area is 161 Å². The number of esters is 1. The number of carbonyl (C=O) groups is 2. The molecule has 0 saturated carbocycles. The van der Waals surface area contributed by atoms with Gasteiger partial charge in [-0.2, -0.15) is 0 Å². The Balaban J connectivity index is 2.44. The second-order valence-electron chi connectivity index (χ2n) is 6.09. The van der Waals surface area contributed by atoms with Crippen LogP contribution >= 0.6 is 12.2 Å². The first-order valence-corrected chi connectivity index (χ1v) is 9.40. The van der Waals surface area contributed by atoms with E-state index in [0.717, 1.165) is 18.7 Å². The van der Waals surface area contributed by atoms with Crippen molar-refractivity contribution in [3.05, 3.63) is 29.8 Å². The van der Waals surface area contributed by atoms with Crippen LogP contribution in [0, 0.1) is 5.92 Å². The molecular weight excluding hydrogens is 350 g/mol. The molecule has 0 fully saturated rings. The van der Waals surface area contributed by atoms with E-state index in [1.54, 1.807) is 24.3 Å². The van der Waals surface area contributed by atoms with Gasteiger partial charge in [-0.15, -0.1) is 0 Å². The summed E-state index contributed by atoms with van der Waals surface area (Å²) in [6, 6.07) is 6.89. The van der Waals surface area contributed by atoms with Crippen molar-refractivity contribution in [1.29, 1.82) is 0 Å². The Hall–Kier alpha value is -2.15. The number of ether oxygens (including phenoxy) is 1. The van der Waals surface area contributed by atoms with Crippen molar-refractivity contribution in [2.45, 2.75) is 39.5 Å². The molecule has 1 rings (SSSR count). The van der Waals surface area contributed by atoms with Crippen LogP contribution in [0.5, 0.6) is 0 Å². The lowest BCUT2D eigenvalue weighted by molar-refractivity contribution is -0.139. The third kappa shape index (κ3) is 8.29. The van der Waals surface area contributed by atoms with Crippen molar-refractivity contribution < 1.29 is 14.3 Å². The minimum Gasteiger partial charge on any atom is -0.468 e. The molecule has 0 unspecified atom stereocenters. The van der Waals surface area contributed by atoms with Crippen LogP contribution in [0.3, 0.4) is 0 Å². The van der Waals surface area contributed by atoms with Gasteiger partial charge in [0.1, 0.15) is 6.54 Å². The van der Waals surface area contributed by atoms with Crippen LogP contribution in [-0.2, 0) is 9.53 Å². The van der Waals surface area contributed by atoms with Crippen LogP contribution in [-0.4, -0.2) is 37.2 Å². The predicted molar refractivity (Wildman–Crippen MR) is 108 cm³/mol. The minimum absolute atomic E-state index is 0.153. The Morgan fingerprint density at radius 3 is 2.42 bits per heavy atom. The van der Waals surface area contributed by atoms with E-state index in [1.807, 2.05) is 0 Å². The lowest BCUT2D eigenvalue weighted by Crippen LogP contribution is -2.32. The molecule has 0 radical (unpaired) electrons. The van der Waals surface area contributed by atoms with Crippen molar-refractivity contribution in [3.8, 4) is 0 Å². The summed E-state index contributed by atoms with van der Waals surface area (Å²) in [6.45, 7) is 5.10. The van der Waals surface area contributed by atoms with Crippen molar-refractivity contribution >= 4 is 34.9 Å². The van der Waals surface area contributed by atoms with Crippen LogP contribution in [0.2, 0.25) is 0 Å². The maximum Gasteiger partial charge on any atom is 0.325 e. The zero-order valence-corrected chi connectivity index (χ0v) is 16.6. The van der Waals surface area contributed by atoms with Gasteiger partial charge in [-0.3, -0.25) is 9.59 Å². The van der Waals surface area contributed by atoms with Gasteiger partial charge in [0.15, 0.2) is 5.11 Å². The van der Waals surface area contributed by atoms with Crippen LogP contribution in [0.15, 0.2) is 24.3 Å². The Morgan fingerprint density at radius 2 is 1.85 bits per heavy atom. The number of rotatable bonds is 10. The number of thiocarbonyl (C=S) groups is 1. The highest BCUT2D eigenvalue weighted by Crippen LogP contribution is 2.12. The van der Waals surface area contributed by atoms with Gasteiger partial charge in [-0.25, -0.2) is 0 Å². The quantitative estimate of drug-likeness (QED) is 0.428. The van der Waals surface area contributed by atoms with Gasteiger partial charge in [0.2, 0.25) is 0 Å². The number of methoxy groups -OCH3 is 1. The lowest BCUT2D eigenvalue weighted by atomic mass is 9.99. The topological polar surface area (TPSA) is 79.5 Å². The number of anilines is 1. The van der Waals surface area contributed by atoms with Crippen molar-refractivity contribution in [3.63, 3.8) is 0 Å². The summed E-state index contributed by atoms with van der Waals surface area (Å²) in [5.74, 6) is -0.197. The van der Waals surface area contributed by atoms with Gasteiger partial charge >= 0.3 is 5.97 Å². The number of nitrogens with one attached hydrogen (secondary N) is 3. The van der Waals surface area contributed by atoms with Gasteiger partial charge in [0, 0.05) is 17.8 Å². The Bertz CT molecular complexity index is 590. The fourth-order valence-electron chi connectivity index (χ4n) is 2.39. The molecule has 3 N–H and O–H groups in total. The number of hydrogen-bond acceptors (Lipinski definition) is 4. The van der Waals surface area contributed by atoms with Gasteiger partial charge in [0.05, 0.1) is 7.11 Å². The zero-order chi connectivity index (χ0) is 19.4. The van der Waals surface area contributed by atoms with Gasteiger partial charge in [-0.05, 0) is 48.8 Å². The van der Waals surface area contributed by atoms with Crippen LogP contribution < -0.4 is 16.0 Å². The summed E-state index contributed by atoms with van der Waals surface area (Å²) >= 11 is 5.33. The molecule has 144 valence electrons. The molecule has 1 aromatic rings. The molecule has 6 nitrogen and oxygen atoms in total. The van der Waals surface area contributed by atoms with Crippen molar-refractivity contribution in [2.24, 2.45) is 5.92 Å². The molecule has 0 spiro atoms. The number of hydrogen-bond donors (Lipinski definition) is 3. The maximum absolute atomic E-state index is 11.9. The van der Waals surface area contributed by atoms with Crippen LogP contribution in [0.1, 0.15) is 49.9 Å². The first-order chi connectivity index (χ1) is 12.5. The lowest BCUT2D eigenvalue weighted by Gasteiger charge is -2.17. The first kappa shape index (κ1) is 21.9. The van der Waals surface area contributed by atoms with Crippen LogP contribution in [0.4, 0.5) is 5.69 Å². The highest BCUT2D eigenvalue weighted by atomic mass is 32.1. The van der Waals surface area contributed by atoms with Gasteiger partial charge in [-0.1, -0.05) is 33.1 Å². The zero-order valence-electron chi connectivity index (χ0n) is 15.8. The van der Waals surface area contributed by atoms with Gasteiger partial charge in [0.25, 0.3) is 5.91 Å². The average molecular weight is 380 g/mol. The third-order valence-corrected chi connectivity index (χ3v) is 4.37. The molecule has 0 saturated heterocycles. The highest BCUT2D eigenvalue weighted by molar-refractivity contribution is 7.80. The Kier molecular flexibility index (Phi) is 10.3. The minimum atomic E-state index is -0.489. The molecule has 0 aromatic heterocycles. The predicted octanol–water partition coefficient (Wildman–Crippen LogP) is 3.09.